The number of nitrogens with zero attached hydrogens (tertiary/aromatic N) is 6. The first-order valence-electron chi connectivity index (χ1n) is 14.1. The van der Waals surface area contributed by atoms with Crippen molar-refractivity contribution in [3.63, 3.8) is 0 Å². The van der Waals surface area contributed by atoms with E-state index in [1.165, 1.54) is 12.1 Å². The number of benzene rings is 2. The van der Waals surface area contributed by atoms with E-state index >= 15 is 0 Å². The van der Waals surface area contributed by atoms with Crippen LogP contribution in [0.3, 0.4) is 0 Å². The molecule has 1 saturated heterocycles. The van der Waals surface area contributed by atoms with E-state index < -0.39 is 18.3 Å². The molecule has 1 fully saturated rings. The summed E-state index contributed by atoms with van der Waals surface area (Å²) in [7, 11) is -0.589. The van der Waals surface area contributed by atoms with Crippen LogP contribution in [0.2, 0.25) is 0 Å². The minimum atomic E-state index is -0.589. The standard InChI is InChI=1S/C19H21BFN3O2.C13H9FIN3/c1-18(2)19(3,4)26-20(25-18)16-14-9-7-11-22-17(14)24(23-16)12-13-8-5-6-10-15(13)21;14-11-6-2-1-4-9(11)8-18-13-10(12(15)17-18)5-3-7-16-13/h5-11H,12H2,1-4H3;1-7H,8H2. The van der Waals surface area contributed by atoms with Crippen LogP contribution < -0.4 is 5.59 Å². The summed E-state index contributed by atoms with van der Waals surface area (Å²) in [5.41, 5.74) is 2.39. The Labute approximate surface area is 267 Å². The van der Waals surface area contributed by atoms with Crippen molar-refractivity contribution >= 4 is 57.4 Å². The summed E-state index contributed by atoms with van der Waals surface area (Å²) < 4.78 is 44.3. The first-order valence-corrected chi connectivity index (χ1v) is 15.2. The molecule has 224 valence electrons. The summed E-state index contributed by atoms with van der Waals surface area (Å²) in [6.45, 7) is 8.70. The van der Waals surface area contributed by atoms with Crippen LogP contribution in [-0.4, -0.2) is 47.8 Å². The van der Waals surface area contributed by atoms with Gasteiger partial charge in [0.15, 0.2) is 11.3 Å². The summed E-state index contributed by atoms with van der Waals surface area (Å²) >= 11 is 2.16. The van der Waals surface area contributed by atoms with Gasteiger partial charge in [0, 0.05) is 28.9 Å². The summed E-state index contributed by atoms with van der Waals surface area (Å²) in [6, 6.07) is 21.0. The molecule has 44 heavy (non-hydrogen) atoms. The van der Waals surface area contributed by atoms with Crippen LogP contribution in [-0.2, 0) is 22.4 Å². The molecule has 4 aromatic heterocycles. The molecule has 7 rings (SSSR count). The highest BCUT2D eigenvalue weighted by atomic mass is 127. The van der Waals surface area contributed by atoms with Gasteiger partial charge in [-0.2, -0.15) is 10.2 Å². The fraction of sp³-hybridized carbons (Fsp3) is 0.250. The van der Waals surface area contributed by atoms with E-state index in [-0.39, 0.29) is 11.6 Å². The summed E-state index contributed by atoms with van der Waals surface area (Å²) in [4.78, 5) is 8.74. The third-order valence-corrected chi connectivity index (χ3v) is 8.83. The number of fused-ring (bicyclic) bond motifs is 2. The summed E-state index contributed by atoms with van der Waals surface area (Å²) in [6.07, 6.45) is 3.42. The second-order valence-electron chi connectivity index (χ2n) is 11.5. The molecule has 0 radical (unpaired) electrons. The van der Waals surface area contributed by atoms with Crippen molar-refractivity contribution in [1.29, 1.82) is 0 Å². The first-order chi connectivity index (χ1) is 21.0. The Morgan fingerprint density at radius 2 is 1.16 bits per heavy atom. The van der Waals surface area contributed by atoms with Crippen molar-refractivity contribution in [2.45, 2.75) is 52.0 Å². The molecule has 0 bridgehead atoms. The third-order valence-electron chi connectivity index (χ3n) is 8.03. The Morgan fingerprint density at radius 1 is 0.682 bits per heavy atom. The second-order valence-corrected chi connectivity index (χ2v) is 12.5. The van der Waals surface area contributed by atoms with Crippen molar-refractivity contribution in [1.82, 2.24) is 29.5 Å². The van der Waals surface area contributed by atoms with E-state index in [1.807, 2.05) is 64.1 Å². The third kappa shape index (κ3) is 5.85. The number of hydrogen-bond donors (Lipinski definition) is 0. The maximum absolute atomic E-state index is 14.1. The maximum atomic E-state index is 14.1. The highest BCUT2D eigenvalue weighted by Crippen LogP contribution is 2.37. The molecule has 0 spiro atoms. The summed E-state index contributed by atoms with van der Waals surface area (Å²) in [5.74, 6) is -0.476. The van der Waals surface area contributed by atoms with Gasteiger partial charge in [0.05, 0.1) is 29.7 Å². The topological polar surface area (TPSA) is 79.9 Å². The fourth-order valence-corrected chi connectivity index (χ4v) is 5.61. The van der Waals surface area contributed by atoms with Crippen molar-refractivity contribution < 1.29 is 18.1 Å². The minimum Gasteiger partial charge on any atom is -0.398 e. The van der Waals surface area contributed by atoms with Crippen LogP contribution in [0.5, 0.6) is 0 Å². The quantitative estimate of drug-likeness (QED) is 0.158. The Kier molecular flexibility index (Phi) is 8.25. The predicted octanol–water partition coefficient (Wildman–Crippen LogP) is 6.14. The molecule has 1 aliphatic heterocycles. The lowest BCUT2D eigenvalue weighted by Gasteiger charge is -2.32. The smallest absolute Gasteiger partial charge is 0.398 e. The Bertz CT molecular complexity index is 1940. The SMILES string of the molecule is CC1(C)OB(c2nn(Cc3ccccc3F)c3ncccc23)OC1(C)C.Fc1ccccc1Cn1nc(I)c2cccnc21. The number of hydrogen-bond acceptors (Lipinski definition) is 6. The summed E-state index contributed by atoms with van der Waals surface area (Å²) in [5, 5.41) is 10.9. The molecular weight excluding hydrogens is 676 g/mol. The molecule has 0 amide bonds. The normalized spacial score (nSPS) is 15.5. The van der Waals surface area contributed by atoms with Gasteiger partial charge in [-0.05, 0) is 86.7 Å². The van der Waals surface area contributed by atoms with Gasteiger partial charge in [0.25, 0.3) is 0 Å². The van der Waals surface area contributed by atoms with Gasteiger partial charge >= 0.3 is 7.12 Å². The number of pyridine rings is 2. The molecule has 0 unspecified atom stereocenters. The van der Waals surface area contributed by atoms with E-state index in [1.54, 1.807) is 46.0 Å². The van der Waals surface area contributed by atoms with Crippen LogP contribution in [0.25, 0.3) is 22.1 Å². The lowest BCUT2D eigenvalue weighted by atomic mass is 9.83. The second kappa shape index (κ2) is 12.0. The maximum Gasteiger partial charge on any atom is 0.517 e. The van der Waals surface area contributed by atoms with Crippen molar-refractivity contribution in [2.24, 2.45) is 0 Å². The zero-order chi connectivity index (χ0) is 31.1. The highest BCUT2D eigenvalue weighted by molar-refractivity contribution is 14.1. The first kappa shape index (κ1) is 30.3. The van der Waals surface area contributed by atoms with E-state index in [0.717, 1.165) is 20.1 Å². The minimum absolute atomic E-state index is 0.216. The zero-order valence-corrected chi connectivity index (χ0v) is 26.9. The lowest BCUT2D eigenvalue weighted by molar-refractivity contribution is 0.00578. The Morgan fingerprint density at radius 3 is 1.70 bits per heavy atom. The highest BCUT2D eigenvalue weighted by Gasteiger charge is 2.53. The van der Waals surface area contributed by atoms with E-state index in [0.29, 0.717) is 35.5 Å². The molecule has 2 aromatic carbocycles. The van der Waals surface area contributed by atoms with Gasteiger partial charge in [-0.1, -0.05) is 36.4 Å². The lowest BCUT2D eigenvalue weighted by Crippen LogP contribution is -2.41. The number of aromatic nitrogens is 6. The molecule has 0 saturated carbocycles. The number of rotatable bonds is 5. The van der Waals surface area contributed by atoms with E-state index in [9.17, 15) is 8.78 Å². The van der Waals surface area contributed by atoms with Crippen LogP contribution in [0.1, 0.15) is 38.8 Å². The van der Waals surface area contributed by atoms with Gasteiger partial charge in [0.1, 0.15) is 20.9 Å². The molecule has 8 nitrogen and oxygen atoms in total. The molecule has 1 aliphatic rings. The van der Waals surface area contributed by atoms with Gasteiger partial charge in [-0.15, -0.1) is 0 Å². The molecular formula is C32H30BF2IN6O2. The van der Waals surface area contributed by atoms with Crippen LogP contribution >= 0.6 is 22.6 Å². The predicted molar refractivity (Wildman–Crippen MR) is 174 cm³/mol. The molecule has 6 aromatic rings. The van der Waals surface area contributed by atoms with Crippen molar-refractivity contribution in [2.75, 3.05) is 0 Å². The molecule has 0 atom stereocenters. The van der Waals surface area contributed by atoms with Crippen LogP contribution in [0.4, 0.5) is 8.78 Å². The fourth-order valence-electron chi connectivity index (χ4n) is 4.93. The molecule has 5 heterocycles. The average molecular weight is 706 g/mol. The van der Waals surface area contributed by atoms with Gasteiger partial charge in [-0.3, -0.25) is 0 Å². The van der Waals surface area contributed by atoms with E-state index in [4.69, 9.17) is 9.31 Å². The molecule has 0 aliphatic carbocycles. The molecule has 0 N–H and O–H groups in total. The van der Waals surface area contributed by atoms with Gasteiger partial charge < -0.3 is 9.31 Å². The van der Waals surface area contributed by atoms with Crippen LogP contribution in [0, 0.1) is 15.3 Å². The monoisotopic (exact) mass is 706 g/mol. The van der Waals surface area contributed by atoms with Crippen molar-refractivity contribution in [3.05, 3.63) is 112 Å². The Balaban J connectivity index is 0.000000167. The number of halogens is 3. The largest absolute Gasteiger partial charge is 0.517 e. The molecule has 12 heteroatoms. The Hall–Kier alpha value is -3.75. The zero-order valence-electron chi connectivity index (χ0n) is 24.7. The van der Waals surface area contributed by atoms with Gasteiger partial charge in [-0.25, -0.2) is 28.1 Å². The van der Waals surface area contributed by atoms with E-state index in [2.05, 4.69) is 42.8 Å². The average Bonchev–Trinajstić information content (AvgIpc) is 3.60. The van der Waals surface area contributed by atoms with Crippen LogP contribution in [0.15, 0.2) is 85.2 Å². The van der Waals surface area contributed by atoms with Gasteiger partial charge in [0.2, 0.25) is 0 Å². The van der Waals surface area contributed by atoms with Crippen molar-refractivity contribution in [3.8, 4) is 0 Å².